The lowest BCUT2D eigenvalue weighted by Gasteiger charge is -2.12. The summed E-state index contributed by atoms with van der Waals surface area (Å²) in [5.74, 6) is 0. The van der Waals surface area contributed by atoms with E-state index < -0.39 is 0 Å². The molecule has 0 heterocycles. The molecule has 2 aromatic carbocycles. The molecule has 106 valence electrons. The van der Waals surface area contributed by atoms with Gasteiger partial charge in [-0.2, -0.15) is 0 Å². The van der Waals surface area contributed by atoms with E-state index in [1.807, 2.05) is 30.3 Å². The number of nitrogens with two attached hydrogens (primary N) is 1. The maximum atomic E-state index is 5.78. The number of aliphatic imine (C=N–C) groups is 1. The van der Waals surface area contributed by atoms with Crippen LogP contribution >= 0.6 is 11.6 Å². The minimum atomic E-state index is 0.00799. The van der Waals surface area contributed by atoms with Crippen molar-refractivity contribution in [3.8, 4) is 0 Å². The third-order valence-electron chi connectivity index (χ3n) is 3.21. The number of amidine groups is 1. The van der Waals surface area contributed by atoms with Crippen LogP contribution in [0.25, 0.3) is 12.2 Å². The van der Waals surface area contributed by atoms with E-state index in [0.29, 0.717) is 0 Å². The summed E-state index contributed by atoms with van der Waals surface area (Å²) in [4.78, 5) is 4.28. The zero-order valence-electron chi connectivity index (χ0n) is 11.7. The third-order valence-corrected chi connectivity index (χ3v) is 3.30. The Balaban J connectivity index is 2.57. The second-order valence-electron chi connectivity index (χ2n) is 4.58. The first-order valence-corrected chi connectivity index (χ1v) is 6.98. The van der Waals surface area contributed by atoms with Crippen LogP contribution in [0, 0.1) is 0 Å². The minimum Gasteiger partial charge on any atom is -0.374 e. The van der Waals surface area contributed by atoms with Gasteiger partial charge in [-0.1, -0.05) is 67.8 Å². The quantitative estimate of drug-likeness (QED) is 0.483. The van der Waals surface area contributed by atoms with Gasteiger partial charge < -0.3 is 5.73 Å². The predicted octanol–water partition coefficient (Wildman–Crippen LogP) is 4.75. The highest BCUT2D eigenvalue weighted by molar-refractivity contribution is 6.64. The van der Waals surface area contributed by atoms with Gasteiger partial charge in [0.25, 0.3) is 0 Å². The summed E-state index contributed by atoms with van der Waals surface area (Å²) >= 11 is 5.78. The van der Waals surface area contributed by atoms with Crippen LogP contribution < -0.4 is 5.73 Å². The van der Waals surface area contributed by atoms with Gasteiger partial charge in [0.15, 0.2) is 5.29 Å². The molecule has 0 radical (unpaired) electrons. The first kappa shape index (κ1) is 15.1. The van der Waals surface area contributed by atoms with Crippen LogP contribution in [0.4, 0.5) is 5.69 Å². The van der Waals surface area contributed by atoms with Crippen LogP contribution in [0.2, 0.25) is 0 Å². The highest BCUT2D eigenvalue weighted by Crippen LogP contribution is 2.31. The van der Waals surface area contributed by atoms with Crippen LogP contribution in [0.5, 0.6) is 0 Å². The average Bonchev–Trinajstić information content (AvgIpc) is 2.49. The fourth-order valence-corrected chi connectivity index (χ4v) is 2.34. The molecule has 0 aliphatic carbocycles. The second kappa shape index (κ2) is 6.91. The monoisotopic (exact) mass is 296 g/mol. The number of hydrogen-bond donors (Lipinski definition) is 1. The topological polar surface area (TPSA) is 38.4 Å². The SMILES string of the molecule is C=Cc1ccc(Cc2ccccc2)c(N=C(N)Cl)c1C=C. The van der Waals surface area contributed by atoms with Gasteiger partial charge in [-0.25, -0.2) is 4.99 Å². The minimum absolute atomic E-state index is 0.00799. The maximum Gasteiger partial charge on any atom is 0.193 e. The van der Waals surface area contributed by atoms with Crippen molar-refractivity contribution in [1.82, 2.24) is 0 Å². The van der Waals surface area contributed by atoms with Crippen LogP contribution in [-0.2, 0) is 6.42 Å². The lowest BCUT2D eigenvalue weighted by molar-refractivity contribution is 1.18. The molecule has 2 nitrogen and oxygen atoms in total. The Morgan fingerprint density at radius 2 is 1.81 bits per heavy atom. The van der Waals surface area contributed by atoms with Crippen molar-refractivity contribution in [3.05, 3.63) is 77.9 Å². The van der Waals surface area contributed by atoms with Gasteiger partial charge in [0, 0.05) is 5.56 Å². The molecule has 0 saturated heterocycles. The highest BCUT2D eigenvalue weighted by atomic mass is 35.5. The van der Waals surface area contributed by atoms with E-state index >= 15 is 0 Å². The standard InChI is InChI=1S/C18H17ClN2/c1-3-14-10-11-15(12-13-8-6-5-7-9-13)17(16(14)4-2)21-18(19)20/h3-11H,1-2,12H2,(H2,20,21). The molecule has 0 aliphatic heterocycles. The molecule has 0 saturated carbocycles. The molecule has 2 rings (SSSR count). The Bertz CT molecular complexity index is 684. The Labute approximate surface area is 130 Å². The molecule has 0 aliphatic rings. The summed E-state index contributed by atoms with van der Waals surface area (Å²) in [5, 5.41) is 0.00799. The molecule has 0 amide bonds. The van der Waals surface area contributed by atoms with Gasteiger partial charge in [-0.15, -0.1) is 0 Å². The lowest BCUT2D eigenvalue weighted by atomic mass is 9.96. The Kier molecular flexibility index (Phi) is 4.96. The summed E-state index contributed by atoms with van der Waals surface area (Å²) in [6.07, 6.45) is 4.28. The Morgan fingerprint density at radius 3 is 2.38 bits per heavy atom. The Hall–Kier alpha value is -2.32. The van der Waals surface area contributed by atoms with Crippen molar-refractivity contribution in [2.24, 2.45) is 10.7 Å². The van der Waals surface area contributed by atoms with Gasteiger partial charge in [0.1, 0.15) is 0 Å². The molecule has 0 aromatic heterocycles. The van der Waals surface area contributed by atoms with Crippen LogP contribution in [0.3, 0.4) is 0 Å². The third kappa shape index (κ3) is 3.61. The summed E-state index contributed by atoms with van der Waals surface area (Å²) in [6, 6.07) is 14.2. The molecular weight excluding hydrogens is 280 g/mol. The lowest BCUT2D eigenvalue weighted by Crippen LogP contribution is -2.02. The van der Waals surface area contributed by atoms with Crippen LogP contribution in [-0.4, -0.2) is 5.29 Å². The van der Waals surface area contributed by atoms with E-state index in [2.05, 4.69) is 30.3 Å². The Morgan fingerprint density at radius 1 is 1.10 bits per heavy atom. The fourth-order valence-electron chi connectivity index (χ4n) is 2.26. The maximum absolute atomic E-state index is 5.78. The number of hydrogen-bond acceptors (Lipinski definition) is 1. The van der Waals surface area contributed by atoms with Crippen LogP contribution in [0.15, 0.2) is 60.6 Å². The molecule has 0 bridgehead atoms. The van der Waals surface area contributed by atoms with Crippen molar-refractivity contribution in [2.75, 3.05) is 0 Å². The van der Waals surface area contributed by atoms with Crippen molar-refractivity contribution in [3.63, 3.8) is 0 Å². The summed E-state index contributed by atoms with van der Waals surface area (Å²) in [5.41, 5.74) is 10.4. The molecule has 2 aromatic rings. The zero-order valence-corrected chi connectivity index (χ0v) is 12.5. The smallest absolute Gasteiger partial charge is 0.193 e. The number of benzene rings is 2. The summed E-state index contributed by atoms with van der Waals surface area (Å²) in [7, 11) is 0. The average molecular weight is 297 g/mol. The van der Waals surface area contributed by atoms with E-state index in [1.165, 1.54) is 5.56 Å². The highest BCUT2D eigenvalue weighted by Gasteiger charge is 2.10. The number of nitrogens with zero attached hydrogens (tertiary/aromatic N) is 1. The molecule has 0 unspecified atom stereocenters. The number of rotatable bonds is 5. The van der Waals surface area contributed by atoms with Gasteiger partial charge in [-0.3, -0.25) is 0 Å². The fraction of sp³-hybridized carbons (Fsp3) is 0.0556. The van der Waals surface area contributed by atoms with Gasteiger partial charge >= 0.3 is 0 Å². The van der Waals surface area contributed by atoms with Gasteiger partial charge in [-0.05, 0) is 34.7 Å². The molecule has 0 spiro atoms. The molecule has 2 N–H and O–H groups in total. The van der Waals surface area contributed by atoms with Crippen molar-refractivity contribution >= 4 is 34.7 Å². The second-order valence-corrected chi connectivity index (χ2v) is 4.97. The molecule has 3 heteroatoms. The van der Waals surface area contributed by atoms with Gasteiger partial charge in [0.2, 0.25) is 0 Å². The summed E-state index contributed by atoms with van der Waals surface area (Å²) < 4.78 is 0. The van der Waals surface area contributed by atoms with Crippen LogP contribution in [0.1, 0.15) is 22.3 Å². The van der Waals surface area contributed by atoms with E-state index in [9.17, 15) is 0 Å². The normalized spacial score (nSPS) is 11.2. The number of halogens is 1. The summed E-state index contributed by atoms with van der Waals surface area (Å²) in [6.45, 7) is 7.67. The molecular formula is C18H17ClN2. The molecule has 21 heavy (non-hydrogen) atoms. The predicted molar refractivity (Wildman–Crippen MR) is 93.0 cm³/mol. The zero-order chi connectivity index (χ0) is 15.2. The molecule has 0 fully saturated rings. The van der Waals surface area contributed by atoms with Crippen molar-refractivity contribution in [1.29, 1.82) is 0 Å². The van der Waals surface area contributed by atoms with Gasteiger partial charge in [0.05, 0.1) is 5.69 Å². The van der Waals surface area contributed by atoms with Crippen molar-refractivity contribution < 1.29 is 0 Å². The largest absolute Gasteiger partial charge is 0.374 e. The molecule has 0 atom stereocenters. The van der Waals surface area contributed by atoms with E-state index in [4.69, 9.17) is 17.3 Å². The first-order valence-electron chi connectivity index (χ1n) is 6.60. The van der Waals surface area contributed by atoms with E-state index in [0.717, 1.165) is 28.8 Å². The van der Waals surface area contributed by atoms with E-state index in [-0.39, 0.29) is 5.29 Å². The van der Waals surface area contributed by atoms with Crippen molar-refractivity contribution in [2.45, 2.75) is 6.42 Å². The first-order chi connectivity index (χ1) is 10.2. The van der Waals surface area contributed by atoms with E-state index in [1.54, 1.807) is 12.2 Å².